The van der Waals surface area contributed by atoms with E-state index in [0.717, 1.165) is 42.3 Å². The maximum Gasteiger partial charge on any atom is 0.246 e. The first-order chi connectivity index (χ1) is 11.0. The summed E-state index contributed by atoms with van der Waals surface area (Å²) in [5.41, 5.74) is 0. The van der Waals surface area contributed by atoms with Crippen LogP contribution in [-0.2, 0) is 10.0 Å². The summed E-state index contributed by atoms with van der Waals surface area (Å²) < 4.78 is 54.7. The maximum absolute atomic E-state index is 14.0. The molecule has 0 aliphatic carbocycles. The fraction of sp³-hybridized carbons (Fsp3) is 0.375. The van der Waals surface area contributed by atoms with Crippen molar-refractivity contribution in [2.45, 2.75) is 36.6 Å². The van der Waals surface area contributed by atoms with Crippen molar-refractivity contribution in [3.63, 3.8) is 0 Å². The molecule has 1 aromatic heterocycles. The Morgan fingerprint density at radius 1 is 1.13 bits per heavy atom. The lowest BCUT2D eigenvalue weighted by Gasteiger charge is -2.28. The van der Waals surface area contributed by atoms with Crippen molar-refractivity contribution >= 4 is 21.4 Å². The highest BCUT2D eigenvalue weighted by atomic mass is 32.2. The predicted octanol–water partition coefficient (Wildman–Crippen LogP) is 4.33. The van der Waals surface area contributed by atoms with Crippen molar-refractivity contribution in [1.29, 1.82) is 0 Å². The van der Waals surface area contributed by atoms with Gasteiger partial charge in [0.05, 0.1) is 6.04 Å². The van der Waals surface area contributed by atoms with Crippen molar-refractivity contribution in [3.05, 3.63) is 52.2 Å². The fourth-order valence-corrected chi connectivity index (χ4v) is 5.63. The van der Waals surface area contributed by atoms with E-state index in [1.807, 2.05) is 17.5 Å². The third-order valence-electron chi connectivity index (χ3n) is 4.06. The van der Waals surface area contributed by atoms with E-state index >= 15 is 0 Å². The number of halogens is 2. The van der Waals surface area contributed by atoms with Gasteiger partial charge in [0.15, 0.2) is 0 Å². The third kappa shape index (κ3) is 3.32. The molecule has 7 heteroatoms. The Morgan fingerprint density at radius 2 is 1.96 bits per heavy atom. The first-order valence-electron chi connectivity index (χ1n) is 7.50. The number of thiophene rings is 1. The zero-order valence-electron chi connectivity index (χ0n) is 12.4. The number of benzene rings is 1. The Morgan fingerprint density at radius 3 is 2.70 bits per heavy atom. The number of hydrogen-bond acceptors (Lipinski definition) is 3. The molecule has 0 radical (unpaired) electrons. The van der Waals surface area contributed by atoms with Gasteiger partial charge < -0.3 is 0 Å². The van der Waals surface area contributed by atoms with E-state index in [0.29, 0.717) is 13.0 Å². The van der Waals surface area contributed by atoms with Crippen LogP contribution in [0.4, 0.5) is 8.78 Å². The third-order valence-corrected chi connectivity index (χ3v) is 6.95. The van der Waals surface area contributed by atoms with Gasteiger partial charge in [-0.3, -0.25) is 0 Å². The maximum atomic E-state index is 14.0. The molecule has 3 rings (SSSR count). The van der Waals surface area contributed by atoms with Gasteiger partial charge in [-0.05, 0) is 42.5 Å². The molecular weight excluding hydrogens is 340 g/mol. The number of rotatable bonds is 3. The SMILES string of the molecule is O=S(=O)(c1cc(F)ccc1F)N1CCCCC[C@@H]1c1cccs1. The van der Waals surface area contributed by atoms with Gasteiger partial charge in [0.1, 0.15) is 16.5 Å². The molecule has 0 N–H and O–H groups in total. The van der Waals surface area contributed by atoms with Crippen LogP contribution >= 0.6 is 11.3 Å². The van der Waals surface area contributed by atoms with Crippen LogP contribution in [0.2, 0.25) is 0 Å². The molecule has 0 saturated carbocycles. The van der Waals surface area contributed by atoms with Crippen molar-refractivity contribution in [2.75, 3.05) is 6.54 Å². The van der Waals surface area contributed by atoms with Crippen molar-refractivity contribution < 1.29 is 17.2 Å². The highest BCUT2D eigenvalue weighted by molar-refractivity contribution is 7.89. The number of hydrogen-bond donors (Lipinski definition) is 0. The average Bonchev–Trinajstić information content (AvgIpc) is 2.93. The van der Waals surface area contributed by atoms with Gasteiger partial charge in [-0.25, -0.2) is 17.2 Å². The predicted molar refractivity (Wildman–Crippen MR) is 85.8 cm³/mol. The molecule has 1 aliphatic rings. The first kappa shape index (κ1) is 16.5. The second kappa shape index (κ2) is 6.67. The van der Waals surface area contributed by atoms with Crippen LogP contribution in [-0.4, -0.2) is 19.3 Å². The Hall–Kier alpha value is -1.31. The summed E-state index contributed by atoms with van der Waals surface area (Å²) in [6.45, 7) is 0.320. The summed E-state index contributed by atoms with van der Waals surface area (Å²) in [6.07, 6.45) is 3.26. The van der Waals surface area contributed by atoms with Crippen LogP contribution in [0.3, 0.4) is 0 Å². The quantitative estimate of drug-likeness (QED) is 0.820. The normalized spacial score (nSPS) is 20.3. The Labute approximate surface area is 138 Å². The number of sulfonamides is 1. The van der Waals surface area contributed by atoms with Crippen molar-refractivity contribution in [2.24, 2.45) is 0 Å². The molecular formula is C16H17F2NO2S2. The molecule has 23 heavy (non-hydrogen) atoms. The molecule has 1 atom stereocenters. The Balaban J connectivity index is 2.06. The minimum absolute atomic E-state index is 0.315. The molecule has 2 heterocycles. The Bertz CT molecular complexity index is 775. The lowest BCUT2D eigenvalue weighted by Crippen LogP contribution is -2.35. The second-order valence-electron chi connectivity index (χ2n) is 5.57. The van der Waals surface area contributed by atoms with Crippen molar-refractivity contribution in [1.82, 2.24) is 4.31 Å². The van der Waals surface area contributed by atoms with Gasteiger partial charge in [0, 0.05) is 11.4 Å². The van der Waals surface area contributed by atoms with E-state index in [2.05, 4.69) is 0 Å². The summed E-state index contributed by atoms with van der Waals surface area (Å²) in [5.74, 6) is -1.67. The molecule has 1 saturated heterocycles. The van der Waals surface area contributed by atoms with E-state index < -0.39 is 26.6 Å². The molecule has 2 aromatic rings. The molecule has 1 aliphatic heterocycles. The molecule has 0 unspecified atom stereocenters. The van der Waals surface area contributed by atoms with Gasteiger partial charge in [0.2, 0.25) is 10.0 Å². The summed E-state index contributed by atoms with van der Waals surface area (Å²) in [4.78, 5) is 0.355. The fourth-order valence-electron chi connectivity index (χ4n) is 2.94. The molecule has 0 bridgehead atoms. The molecule has 1 fully saturated rings. The lowest BCUT2D eigenvalue weighted by molar-refractivity contribution is 0.331. The summed E-state index contributed by atoms with van der Waals surface area (Å²) in [5, 5.41) is 1.90. The lowest BCUT2D eigenvalue weighted by atomic mass is 10.1. The van der Waals surface area contributed by atoms with E-state index in [9.17, 15) is 17.2 Å². The zero-order valence-corrected chi connectivity index (χ0v) is 14.0. The first-order valence-corrected chi connectivity index (χ1v) is 9.82. The highest BCUT2D eigenvalue weighted by Crippen LogP contribution is 2.37. The van der Waals surface area contributed by atoms with E-state index in [1.165, 1.54) is 15.6 Å². The summed E-state index contributed by atoms with van der Waals surface area (Å²) >= 11 is 1.49. The van der Waals surface area contributed by atoms with Gasteiger partial charge in [0.25, 0.3) is 0 Å². The number of nitrogens with zero attached hydrogens (tertiary/aromatic N) is 1. The van der Waals surface area contributed by atoms with Crippen LogP contribution in [0.5, 0.6) is 0 Å². The second-order valence-corrected chi connectivity index (χ2v) is 8.41. The topological polar surface area (TPSA) is 37.4 Å². The van der Waals surface area contributed by atoms with Gasteiger partial charge >= 0.3 is 0 Å². The zero-order chi connectivity index (χ0) is 16.4. The van der Waals surface area contributed by atoms with E-state index in [4.69, 9.17) is 0 Å². The van der Waals surface area contributed by atoms with Crippen LogP contribution in [0, 0.1) is 11.6 Å². The standard InChI is InChI=1S/C16H17F2NO2S2/c17-12-7-8-13(18)16(11-12)23(20,21)19-9-3-1-2-5-14(19)15-6-4-10-22-15/h4,6-8,10-11,14H,1-3,5,9H2/t14-/m1/s1. The van der Waals surface area contributed by atoms with Crippen molar-refractivity contribution in [3.8, 4) is 0 Å². The van der Waals surface area contributed by atoms with Gasteiger partial charge in [-0.15, -0.1) is 11.3 Å². The molecule has 0 spiro atoms. The highest BCUT2D eigenvalue weighted by Gasteiger charge is 2.35. The minimum atomic E-state index is -4.09. The van der Waals surface area contributed by atoms with Crippen LogP contribution in [0.25, 0.3) is 0 Å². The molecule has 124 valence electrons. The van der Waals surface area contributed by atoms with Crippen LogP contribution in [0.15, 0.2) is 40.6 Å². The van der Waals surface area contributed by atoms with Crippen LogP contribution < -0.4 is 0 Å². The molecule has 0 amide bonds. The monoisotopic (exact) mass is 357 g/mol. The van der Waals surface area contributed by atoms with Crippen LogP contribution in [0.1, 0.15) is 36.6 Å². The molecule has 3 nitrogen and oxygen atoms in total. The largest absolute Gasteiger partial charge is 0.246 e. The summed E-state index contributed by atoms with van der Waals surface area (Å²) in [6, 6.07) is 6.00. The smallest absolute Gasteiger partial charge is 0.207 e. The van der Waals surface area contributed by atoms with Gasteiger partial charge in [-0.1, -0.05) is 18.9 Å². The molecule has 1 aromatic carbocycles. The van der Waals surface area contributed by atoms with E-state index in [1.54, 1.807) is 0 Å². The summed E-state index contributed by atoms with van der Waals surface area (Å²) in [7, 11) is -4.09. The van der Waals surface area contributed by atoms with E-state index in [-0.39, 0.29) is 6.04 Å². The van der Waals surface area contributed by atoms with Gasteiger partial charge in [-0.2, -0.15) is 4.31 Å². The average molecular weight is 357 g/mol. The Kier molecular flexibility index (Phi) is 4.79. The minimum Gasteiger partial charge on any atom is -0.207 e.